The summed E-state index contributed by atoms with van der Waals surface area (Å²) in [5.74, 6) is 0.150. The molecule has 0 bridgehead atoms. The van der Waals surface area contributed by atoms with Gasteiger partial charge in [-0.25, -0.2) is 14.6 Å². The molecule has 1 fully saturated rings. The number of ether oxygens (including phenoxy) is 3. The molecule has 12 heteroatoms. The van der Waals surface area contributed by atoms with E-state index in [1.165, 1.54) is 13.4 Å². The number of amides is 2. The van der Waals surface area contributed by atoms with Gasteiger partial charge in [0, 0.05) is 30.7 Å². The monoisotopic (exact) mass is 693 g/mol. The molecule has 4 atom stereocenters. The van der Waals surface area contributed by atoms with Crippen molar-refractivity contribution in [2.75, 3.05) is 12.9 Å². The van der Waals surface area contributed by atoms with Crippen LogP contribution in [0.2, 0.25) is 0 Å². The zero-order chi connectivity index (χ0) is 34.7. The van der Waals surface area contributed by atoms with Gasteiger partial charge in [-0.15, -0.1) is 0 Å². The molecule has 1 saturated heterocycles. The number of rotatable bonds is 13. The zero-order valence-electron chi connectivity index (χ0n) is 27.5. The van der Waals surface area contributed by atoms with Crippen molar-refractivity contribution in [3.05, 3.63) is 137 Å². The molecule has 6 rings (SSSR count). The minimum Gasteiger partial charge on any atom is -0.467 e. The summed E-state index contributed by atoms with van der Waals surface area (Å²) in [7, 11) is 1.31. The predicted octanol–water partition coefficient (Wildman–Crippen LogP) is 5.89. The Morgan fingerprint density at radius 1 is 0.920 bits per heavy atom. The number of nitrogens with zero attached hydrogens (tertiary/aromatic N) is 2. The Hall–Kier alpha value is -5.01. The van der Waals surface area contributed by atoms with E-state index in [-0.39, 0.29) is 25.4 Å². The van der Waals surface area contributed by atoms with E-state index >= 15 is 0 Å². The van der Waals surface area contributed by atoms with Crippen molar-refractivity contribution < 1.29 is 28.9 Å². The Kier molecular flexibility index (Phi) is 11.9. The minimum absolute atomic E-state index is 0.0180. The quantitative estimate of drug-likeness (QED) is 0.0876. The number of aromatic amines is 1. The summed E-state index contributed by atoms with van der Waals surface area (Å²) in [6.45, 7) is 0.241. The van der Waals surface area contributed by atoms with Gasteiger partial charge in [-0.3, -0.25) is 5.10 Å². The number of H-pyrrole nitrogens is 1. The number of benzene rings is 4. The molecule has 2 heterocycles. The molecule has 4 N–H and O–H groups in total. The fourth-order valence-electron chi connectivity index (χ4n) is 5.76. The Morgan fingerprint density at radius 3 is 2.42 bits per heavy atom. The molecule has 0 radical (unpaired) electrons. The number of thioether (sulfide) groups is 1. The number of aromatic nitrogens is 3. The van der Waals surface area contributed by atoms with E-state index in [9.17, 15) is 14.7 Å². The summed E-state index contributed by atoms with van der Waals surface area (Å²) in [6, 6.07) is 32.0. The van der Waals surface area contributed by atoms with Gasteiger partial charge in [-0.1, -0.05) is 103 Å². The number of nitrogens with one attached hydrogen (secondary N) is 3. The van der Waals surface area contributed by atoms with E-state index in [4.69, 9.17) is 14.2 Å². The van der Waals surface area contributed by atoms with Crippen molar-refractivity contribution in [2.45, 2.75) is 55.7 Å². The molecule has 0 unspecified atom stereocenters. The molecular formula is C38H39N5O6S. The summed E-state index contributed by atoms with van der Waals surface area (Å²) in [4.78, 5) is 29.4. The van der Waals surface area contributed by atoms with Gasteiger partial charge in [0.1, 0.15) is 12.4 Å². The number of aliphatic hydroxyl groups excluding tert-OH is 1. The number of carbonyl (C=O) groups excluding carboxylic acids is 2. The Labute approximate surface area is 294 Å². The maximum Gasteiger partial charge on any atom is 0.328 e. The molecule has 0 saturated carbocycles. The summed E-state index contributed by atoms with van der Waals surface area (Å²) in [5, 5.41) is 22.7. The van der Waals surface area contributed by atoms with E-state index in [1.54, 1.807) is 11.8 Å². The molecule has 0 aliphatic carbocycles. The number of hydrogen-bond acceptors (Lipinski definition) is 9. The molecule has 50 heavy (non-hydrogen) atoms. The highest BCUT2D eigenvalue weighted by atomic mass is 32.2. The third kappa shape index (κ3) is 9.36. The second-order valence-corrected chi connectivity index (χ2v) is 12.9. The van der Waals surface area contributed by atoms with Gasteiger partial charge in [-0.2, -0.15) is 5.10 Å². The Balaban J connectivity index is 1.13. The molecule has 1 aromatic heterocycles. The van der Waals surface area contributed by atoms with Crippen LogP contribution in [0.15, 0.2) is 115 Å². The lowest BCUT2D eigenvalue weighted by atomic mass is 9.99. The smallest absolute Gasteiger partial charge is 0.328 e. The van der Waals surface area contributed by atoms with E-state index in [1.807, 2.05) is 97.1 Å². The number of urea groups is 1. The molecule has 1 aliphatic rings. The fourth-order valence-corrected chi connectivity index (χ4v) is 6.56. The van der Waals surface area contributed by atoms with Crippen LogP contribution in [-0.2, 0) is 38.6 Å². The molecule has 258 valence electrons. The lowest BCUT2D eigenvalue weighted by Crippen LogP contribution is -2.47. The average molecular weight is 694 g/mol. The van der Waals surface area contributed by atoms with Crippen LogP contribution in [0.3, 0.4) is 0 Å². The first kappa shape index (κ1) is 34.8. The number of carbonyl (C=O) groups is 2. The van der Waals surface area contributed by atoms with Gasteiger partial charge in [0.05, 0.1) is 25.9 Å². The molecule has 5 aromatic rings. The van der Waals surface area contributed by atoms with Crippen LogP contribution >= 0.6 is 11.8 Å². The van der Waals surface area contributed by atoms with E-state index in [0.717, 1.165) is 44.1 Å². The molecule has 1 aliphatic heterocycles. The van der Waals surface area contributed by atoms with Crippen molar-refractivity contribution in [1.82, 2.24) is 25.8 Å². The van der Waals surface area contributed by atoms with Crippen LogP contribution in [-0.4, -0.2) is 57.3 Å². The van der Waals surface area contributed by atoms with Gasteiger partial charge in [-0.05, 0) is 45.5 Å². The first-order valence-corrected chi connectivity index (χ1v) is 17.3. The predicted molar refractivity (Wildman–Crippen MR) is 189 cm³/mol. The zero-order valence-corrected chi connectivity index (χ0v) is 28.3. The van der Waals surface area contributed by atoms with Crippen LogP contribution in [0.1, 0.15) is 46.6 Å². The second-order valence-electron chi connectivity index (χ2n) is 11.9. The number of methoxy groups -OCH3 is 1. The minimum atomic E-state index is -0.819. The van der Waals surface area contributed by atoms with Crippen LogP contribution in [0, 0.1) is 0 Å². The first-order chi connectivity index (χ1) is 24.5. The third-order valence-electron chi connectivity index (χ3n) is 8.36. The highest BCUT2D eigenvalue weighted by Gasteiger charge is 2.32. The van der Waals surface area contributed by atoms with Crippen LogP contribution < -0.4 is 10.6 Å². The summed E-state index contributed by atoms with van der Waals surface area (Å²) in [6.07, 6.45) is 1.52. The highest BCUT2D eigenvalue weighted by molar-refractivity contribution is 7.99. The summed E-state index contributed by atoms with van der Waals surface area (Å²) < 4.78 is 18.0. The van der Waals surface area contributed by atoms with Crippen molar-refractivity contribution in [3.8, 4) is 11.1 Å². The molecular weight excluding hydrogens is 655 g/mol. The lowest BCUT2D eigenvalue weighted by Gasteiger charge is -2.36. The maximum atomic E-state index is 12.8. The lowest BCUT2D eigenvalue weighted by molar-refractivity contribution is -0.245. The van der Waals surface area contributed by atoms with Gasteiger partial charge < -0.3 is 30.0 Å². The molecule has 11 nitrogen and oxygen atoms in total. The van der Waals surface area contributed by atoms with Crippen LogP contribution in [0.5, 0.6) is 0 Å². The largest absolute Gasteiger partial charge is 0.467 e. The number of esters is 1. The first-order valence-electron chi connectivity index (χ1n) is 16.3. The van der Waals surface area contributed by atoms with Gasteiger partial charge in [0.25, 0.3) is 0 Å². The fraction of sp³-hybridized carbons (Fsp3) is 0.263. The van der Waals surface area contributed by atoms with Crippen LogP contribution in [0.25, 0.3) is 11.1 Å². The maximum absolute atomic E-state index is 12.8. The molecule has 4 aromatic carbocycles. The van der Waals surface area contributed by atoms with E-state index in [2.05, 4.69) is 31.9 Å². The van der Waals surface area contributed by atoms with Gasteiger partial charge in [0.2, 0.25) is 0 Å². The van der Waals surface area contributed by atoms with Crippen molar-refractivity contribution in [1.29, 1.82) is 0 Å². The van der Waals surface area contributed by atoms with E-state index < -0.39 is 24.3 Å². The van der Waals surface area contributed by atoms with Crippen molar-refractivity contribution >= 4 is 23.8 Å². The average Bonchev–Trinajstić information content (AvgIpc) is 3.70. The SMILES string of the molecule is COC(=O)[C@H](Cc1ccccc1)NC(=O)NCc1cccc(-c2cccc([C@@H]3O[C@H](CSc4ncn[nH]4)C[C@H](c4ccc(CO)cc4)O3)c2)c1. The van der Waals surface area contributed by atoms with Crippen LogP contribution in [0.4, 0.5) is 4.79 Å². The topological polar surface area (TPSA) is 148 Å². The summed E-state index contributed by atoms with van der Waals surface area (Å²) >= 11 is 1.55. The van der Waals surface area contributed by atoms with Crippen molar-refractivity contribution in [2.24, 2.45) is 0 Å². The number of aliphatic hydroxyl groups is 1. The molecule has 2 amide bonds. The third-order valence-corrected chi connectivity index (χ3v) is 9.37. The normalized spacial score (nSPS) is 17.8. The standard InChI is InChI=1S/C38H39N5O6S/c1-47-35(45)33(18-25-7-3-2-4-8-25)42-37(46)39-21-27-9-5-10-29(17-27)30-11-6-12-31(19-30)36-48-32(23-50-38-40-24-41-43-38)20-34(49-36)28-15-13-26(22-44)14-16-28/h2-17,19,24,32-34,36,44H,18,20-23H2,1H3,(H2,39,42,46)(H,40,41,43)/t32-,33-,34+,36+/m0/s1. The summed E-state index contributed by atoms with van der Waals surface area (Å²) in [5.41, 5.74) is 6.47. The highest BCUT2D eigenvalue weighted by Crippen LogP contribution is 2.40. The van der Waals surface area contributed by atoms with Gasteiger partial charge in [0.15, 0.2) is 11.4 Å². The Morgan fingerprint density at radius 2 is 1.68 bits per heavy atom. The van der Waals surface area contributed by atoms with Gasteiger partial charge >= 0.3 is 12.0 Å². The second kappa shape index (κ2) is 17.1. The Bertz CT molecular complexity index is 1840. The number of hydrogen-bond donors (Lipinski definition) is 4. The molecule has 0 spiro atoms. The van der Waals surface area contributed by atoms with E-state index in [0.29, 0.717) is 18.6 Å². The van der Waals surface area contributed by atoms with Crippen molar-refractivity contribution in [3.63, 3.8) is 0 Å².